The molecule has 7 heteroatoms. The fraction of sp³-hybridized carbons (Fsp3) is 0.350. The zero-order valence-electron chi connectivity index (χ0n) is 15.3. The zero-order valence-corrected chi connectivity index (χ0v) is 16.1. The third-order valence-electron chi connectivity index (χ3n) is 4.49. The first kappa shape index (κ1) is 19.4. The van der Waals surface area contributed by atoms with Crippen molar-refractivity contribution in [2.45, 2.75) is 25.3 Å². The smallest absolute Gasteiger partial charge is 0.232 e. The molecule has 0 radical (unpaired) electrons. The highest BCUT2D eigenvalue weighted by molar-refractivity contribution is 7.92. The van der Waals surface area contributed by atoms with Gasteiger partial charge >= 0.3 is 0 Å². The molecular formula is C20H24N2O4S. The van der Waals surface area contributed by atoms with E-state index in [0.29, 0.717) is 43.9 Å². The van der Waals surface area contributed by atoms with Crippen molar-refractivity contribution < 1.29 is 17.9 Å². The second-order valence-electron chi connectivity index (χ2n) is 6.66. The minimum absolute atomic E-state index is 0.104. The fourth-order valence-corrected chi connectivity index (χ4v) is 4.53. The van der Waals surface area contributed by atoms with E-state index in [4.69, 9.17) is 4.74 Å². The van der Waals surface area contributed by atoms with Gasteiger partial charge in [0.25, 0.3) is 0 Å². The predicted octanol–water partition coefficient (Wildman–Crippen LogP) is 2.81. The normalized spacial score (nSPS) is 15.3. The van der Waals surface area contributed by atoms with E-state index in [1.54, 1.807) is 24.3 Å². The monoisotopic (exact) mass is 388 g/mol. The third kappa shape index (κ3) is 5.30. The van der Waals surface area contributed by atoms with Gasteiger partial charge in [-0.1, -0.05) is 30.3 Å². The molecule has 0 aromatic heterocycles. The van der Waals surface area contributed by atoms with E-state index in [9.17, 15) is 13.2 Å². The summed E-state index contributed by atoms with van der Waals surface area (Å²) < 4.78 is 31.4. The van der Waals surface area contributed by atoms with Crippen LogP contribution in [0.2, 0.25) is 0 Å². The molecule has 2 aromatic carbocycles. The Balaban J connectivity index is 1.70. The van der Waals surface area contributed by atoms with E-state index in [0.717, 1.165) is 5.56 Å². The Morgan fingerprint density at radius 1 is 1.07 bits per heavy atom. The summed E-state index contributed by atoms with van der Waals surface area (Å²) in [5.41, 5.74) is 2.18. The number of hydrogen-bond donors (Lipinski definition) is 1. The molecule has 1 aliphatic heterocycles. The summed E-state index contributed by atoms with van der Waals surface area (Å²) in [6.45, 7) is 1.12. The van der Waals surface area contributed by atoms with Crippen LogP contribution in [0.25, 0.3) is 0 Å². The summed E-state index contributed by atoms with van der Waals surface area (Å²) >= 11 is 0. The number of nitrogens with one attached hydrogen (secondary N) is 1. The molecule has 0 saturated carbocycles. The zero-order chi connectivity index (χ0) is 19.3. The molecule has 1 heterocycles. The maximum Gasteiger partial charge on any atom is 0.232 e. The molecule has 0 aliphatic carbocycles. The Labute approximate surface area is 160 Å². The van der Waals surface area contributed by atoms with Crippen LogP contribution in [0.4, 0.5) is 11.4 Å². The highest BCUT2D eigenvalue weighted by Crippen LogP contribution is 2.27. The van der Waals surface area contributed by atoms with Gasteiger partial charge in [0.1, 0.15) is 0 Å². The van der Waals surface area contributed by atoms with Gasteiger partial charge < -0.3 is 10.1 Å². The first-order chi connectivity index (χ1) is 12.9. The SMILES string of the molecule is CS(=O)(=O)N(c1ccc(NC(=O)Cc2ccccc2)cc1)C1CCOCC1. The van der Waals surface area contributed by atoms with E-state index >= 15 is 0 Å². The Morgan fingerprint density at radius 2 is 1.70 bits per heavy atom. The van der Waals surface area contributed by atoms with Crippen molar-refractivity contribution in [3.63, 3.8) is 0 Å². The molecule has 3 rings (SSSR count). The second kappa shape index (κ2) is 8.54. The van der Waals surface area contributed by atoms with E-state index in [-0.39, 0.29) is 11.9 Å². The van der Waals surface area contributed by atoms with Crippen molar-refractivity contribution >= 4 is 27.3 Å². The number of nitrogens with zero attached hydrogens (tertiary/aromatic N) is 1. The van der Waals surface area contributed by atoms with Crippen molar-refractivity contribution in [3.8, 4) is 0 Å². The molecule has 144 valence electrons. The molecule has 0 bridgehead atoms. The van der Waals surface area contributed by atoms with E-state index in [2.05, 4.69) is 5.32 Å². The number of sulfonamides is 1. The topological polar surface area (TPSA) is 75.7 Å². The molecule has 1 fully saturated rings. The summed E-state index contributed by atoms with van der Waals surface area (Å²) in [5, 5.41) is 2.85. The van der Waals surface area contributed by atoms with Crippen molar-refractivity contribution in [1.82, 2.24) is 0 Å². The number of anilines is 2. The predicted molar refractivity (Wildman–Crippen MR) is 106 cm³/mol. The van der Waals surface area contributed by atoms with Gasteiger partial charge in [0, 0.05) is 24.9 Å². The quantitative estimate of drug-likeness (QED) is 0.826. The average molecular weight is 388 g/mol. The van der Waals surface area contributed by atoms with E-state index in [1.165, 1.54) is 10.6 Å². The number of carbonyl (C=O) groups is 1. The largest absolute Gasteiger partial charge is 0.381 e. The number of carbonyl (C=O) groups excluding carboxylic acids is 1. The minimum Gasteiger partial charge on any atom is -0.381 e. The maximum absolute atomic E-state index is 12.3. The number of hydrogen-bond acceptors (Lipinski definition) is 4. The molecule has 0 spiro atoms. The van der Waals surface area contributed by atoms with Gasteiger partial charge in [-0.15, -0.1) is 0 Å². The fourth-order valence-electron chi connectivity index (χ4n) is 3.27. The van der Waals surface area contributed by atoms with Gasteiger partial charge in [0.05, 0.1) is 18.4 Å². The molecule has 27 heavy (non-hydrogen) atoms. The van der Waals surface area contributed by atoms with Gasteiger partial charge in [-0.2, -0.15) is 0 Å². The van der Waals surface area contributed by atoms with Crippen molar-refractivity contribution in [3.05, 3.63) is 60.2 Å². The summed E-state index contributed by atoms with van der Waals surface area (Å²) in [6.07, 6.45) is 2.85. The lowest BCUT2D eigenvalue weighted by Crippen LogP contribution is -2.43. The lowest BCUT2D eigenvalue weighted by molar-refractivity contribution is -0.115. The molecule has 0 unspecified atom stereocenters. The Bertz CT molecular complexity index is 861. The highest BCUT2D eigenvalue weighted by atomic mass is 32.2. The van der Waals surface area contributed by atoms with Crippen molar-refractivity contribution in [2.24, 2.45) is 0 Å². The Morgan fingerprint density at radius 3 is 2.30 bits per heavy atom. The van der Waals surface area contributed by atoms with E-state index < -0.39 is 10.0 Å². The van der Waals surface area contributed by atoms with E-state index in [1.807, 2.05) is 30.3 Å². The van der Waals surface area contributed by atoms with Crippen LogP contribution in [0, 0.1) is 0 Å². The summed E-state index contributed by atoms with van der Waals surface area (Å²) in [4.78, 5) is 12.2. The van der Waals surface area contributed by atoms with Crippen LogP contribution in [-0.2, 0) is 26.0 Å². The summed E-state index contributed by atoms with van der Waals surface area (Å²) in [7, 11) is -3.40. The van der Waals surface area contributed by atoms with Gasteiger partial charge in [-0.05, 0) is 42.7 Å². The second-order valence-corrected chi connectivity index (χ2v) is 8.52. The molecule has 6 nitrogen and oxygen atoms in total. The number of amides is 1. The van der Waals surface area contributed by atoms with Crippen molar-refractivity contribution in [2.75, 3.05) is 29.1 Å². The van der Waals surface area contributed by atoms with Gasteiger partial charge in [-0.25, -0.2) is 8.42 Å². The number of ether oxygens (including phenoxy) is 1. The van der Waals surface area contributed by atoms with Crippen LogP contribution in [0.15, 0.2) is 54.6 Å². The van der Waals surface area contributed by atoms with Gasteiger partial charge in [-0.3, -0.25) is 9.10 Å². The van der Waals surface area contributed by atoms with Gasteiger partial charge in [0.15, 0.2) is 0 Å². The lowest BCUT2D eigenvalue weighted by atomic mass is 10.1. The Hall–Kier alpha value is -2.38. The molecule has 1 saturated heterocycles. The van der Waals surface area contributed by atoms with Gasteiger partial charge in [0.2, 0.25) is 15.9 Å². The molecule has 0 atom stereocenters. The summed E-state index contributed by atoms with van der Waals surface area (Å²) in [5.74, 6) is -0.113. The highest BCUT2D eigenvalue weighted by Gasteiger charge is 2.28. The van der Waals surface area contributed by atoms with Crippen LogP contribution in [0.1, 0.15) is 18.4 Å². The Kier molecular flexibility index (Phi) is 6.13. The van der Waals surface area contributed by atoms with Crippen LogP contribution < -0.4 is 9.62 Å². The number of rotatable bonds is 6. The third-order valence-corrected chi connectivity index (χ3v) is 5.72. The van der Waals surface area contributed by atoms with Crippen LogP contribution in [-0.4, -0.2) is 39.8 Å². The van der Waals surface area contributed by atoms with Crippen LogP contribution in [0.5, 0.6) is 0 Å². The molecule has 1 amide bonds. The van der Waals surface area contributed by atoms with Crippen molar-refractivity contribution in [1.29, 1.82) is 0 Å². The lowest BCUT2D eigenvalue weighted by Gasteiger charge is -2.34. The number of benzene rings is 2. The molecule has 1 N–H and O–H groups in total. The molecule has 1 aliphatic rings. The van der Waals surface area contributed by atoms with Crippen LogP contribution >= 0.6 is 0 Å². The minimum atomic E-state index is -3.40. The average Bonchev–Trinajstić information content (AvgIpc) is 2.64. The standard InChI is InChI=1S/C20H24N2O4S/c1-27(24,25)22(19-11-13-26-14-12-19)18-9-7-17(8-10-18)21-20(23)15-16-5-3-2-4-6-16/h2-10,19H,11-15H2,1H3,(H,21,23). The maximum atomic E-state index is 12.3. The molecular weight excluding hydrogens is 364 g/mol. The van der Waals surface area contributed by atoms with Crippen LogP contribution in [0.3, 0.4) is 0 Å². The first-order valence-electron chi connectivity index (χ1n) is 8.94. The summed E-state index contributed by atoms with van der Waals surface area (Å²) in [6, 6.07) is 16.3. The first-order valence-corrected chi connectivity index (χ1v) is 10.8. The molecule has 2 aromatic rings.